The van der Waals surface area contributed by atoms with E-state index in [0.29, 0.717) is 18.8 Å². The summed E-state index contributed by atoms with van der Waals surface area (Å²) >= 11 is 0. The number of hydrogen-bond donors (Lipinski definition) is 0. The third-order valence-electron chi connectivity index (χ3n) is 5.20. The molecule has 1 aliphatic heterocycles. The summed E-state index contributed by atoms with van der Waals surface area (Å²) in [5.74, 6) is 0.508. The van der Waals surface area contributed by atoms with Gasteiger partial charge in [-0.05, 0) is 55.7 Å². The van der Waals surface area contributed by atoms with Gasteiger partial charge in [-0.2, -0.15) is 0 Å². The highest BCUT2D eigenvalue weighted by molar-refractivity contribution is 5.79. The predicted octanol–water partition coefficient (Wildman–Crippen LogP) is 3.70. The molecule has 0 radical (unpaired) electrons. The predicted molar refractivity (Wildman–Crippen MR) is 98.2 cm³/mol. The van der Waals surface area contributed by atoms with Gasteiger partial charge in [-0.1, -0.05) is 13.8 Å². The van der Waals surface area contributed by atoms with Gasteiger partial charge >= 0.3 is 5.97 Å². The molecule has 3 rings (SSSR count). The van der Waals surface area contributed by atoms with Crippen LogP contribution in [0, 0.1) is 17.2 Å². The van der Waals surface area contributed by atoms with Crippen LogP contribution < -0.4 is 4.90 Å². The van der Waals surface area contributed by atoms with Gasteiger partial charge in [0.1, 0.15) is 5.82 Å². The van der Waals surface area contributed by atoms with Crippen LogP contribution in [-0.2, 0) is 9.53 Å². The Morgan fingerprint density at radius 1 is 1.23 bits per heavy atom. The summed E-state index contributed by atoms with van der Waals surface area (Å²) < 4.78 is 18.4. The molecule has 1 aromatic carbocycles. The monoisotopic (exact) mass is 357 g/mol. The molecule has 5 nitrogen and oxygen atoms in total. The van der Waals surface area contributed by atoms with Crippen molar-refractivity contribution in [2.45, 2.75) is 27.2 Å². The second kappa shape index (κ2) is 7.40. The lowest BCUT2D eigenvalue weighted by atomic mass is 9.76. The second-order valence-electron chi connectivity index (χ2n) is 6.99. The summed E-state index contributed by atoms with van der Waals surface area (Å²) in [6.07, 6.45) is 0.741. The van der Waals surface area contributed by atoms with E-state index in [0.717, 1.165) is 24.3 Å². The first-order chi connectivity index (χ1) is 12.5. The zero-order valence-electron chi connectivity index (χ0n) is 15.4. The lowest BCUT2D eigenvalue weighted by Gasteiger charge is -2.30. The van der Waals surface area contributed by atoms with Crippen molar-refractivity contribution in [2.75, 3.05) is 24.6 Å². The van der Waals surface area contributed by atoms with Crippen LogP contribution in [0.1, 0.15) is 27.2 Å². The van der Waals surface area contributed by atoms with Crippen molar-refractivity contribution in [1.82, 2.24) is 10.2 Å². The number of rotatable bonds is 5. The van der Waals surface area contributed by atoms with Crippen molar-refractivity contribution in [3.63, 3.8) is 0 Å². The van der Waals surface area contributed by atoms with E-state index in [1.165, 1.54) is 12.1 Å². The van der Waals surface area contributed by atoms with Crippen molar-refractivity contribution in [2.24, 2.45) is 11.3 Å². The van der Waals surface area contributed by atoms with E-state index in [1.54, 1.807) is 12.1 Å². The van der Waals surface area contributed by atoms with E-state index in [-0.39, 0.29) is 17.7 Å². The topological polar surface area (TPSA) is 55.3 Å². The number of anilines is 1. The molecule has 1 atom stereocenters. The zero-order chi connectivity index (χ0) is 18.7. The maximum Gasteiger partial charge on any atom is 0.314 e. The van der Waals surface area contributed by atoms with Crippen LogP contribution in [0.4, 0.5) is 10.2 Å². The maximum absolute atomic E-state index is 13.0. The Labute approximate surface area is 153 Å². The van der Waals surface area contributed by atoms with Crippen LogP contribution in [0.15, 0.2) is 36.4 Å². The Balaban J connectivity index is 1.78. The standard InChI is InChI=1S/C20H24FN3O2/c1-4-26-19(25)20(14(2)3)11-12-24(13-20)18-10-9-17(22-23-18)15-5-7-16(21)8-6-15/h5-10,14H,4,11-13H2,1-3H3. The molecule has 0 saturated carbocycles. The van der Waals surface area contributed by atoms with Gasteiger partial charge in [0.25, 0.3) is 0 Å². The molecule has 0 spiro atoms. The van der Waals surface area contributed by atoms with Crippen molar-refractivity contribution >= 4 is 11.8 Å². The molecule has 0 amide bonds. The van der Waals surface area contributed by atoms with Crippen LogP contribution in [0.25, 0.3) is 11.3 Å². The number of hydrogen-bond acceptors (Lipinski definition) is 5. The Bertz CT molecular complexity index is 762. The fourth-order valence-electron chi connectivity index (χ4n) is 3.45. The quantitative estimate of drug-likeness (QED) is 0.764. The minimum Gasteiger partial charge on any atom is -0.466 e. The molecule has 0 aliphatic carbocycles. The summed E-state index contributed by atoms with van der Waals surface area (Å²) in [6.45, 7) is 7.65. The Morgan fingerprint density at radius 2 is 1.96 bits per heavy atom. The molecule has 6 heteroatoms. The number of ether oxygens (including phenoxy) is 1. The molecule has 1 saturated heterocycles. The van der Waals surface area contributed by atoms with Gasteiger partial charge in [-0.15, -0.1) is 10.2 Å². The largest absolute Gasteiger partial charge is 0.466 e. The van der Waals surface area contributed by atoms with Gasteiger partial charge < -0.3 is 9.64 Å². The SMILES string of the molecule is CCOC(=O)C1(C(C)C)CCN(c2ccc(-c3ccc(F)cc3)nn2)C1. The molecular weight excluding hydrogens is 333 g/mol. The molecule has 1 unspecified atom stereocenters. The third-order valence-corrected chi connectivity index (χ3v) is 5.20. The van der Waals surface area contributed by atoms with Gasteiger partial charge in [0.15, 0.2) is 5.82 Å². The number of nitrogens with zero attached hydrogens (tertiary/aromatic N) is 3. The van der Waals surface area contributed by atoms with E-state index >= 15 is 0 Å². The van der Waals surface area contributed by atoms with Gasteiger partial charge in [0.2, 0.25) is 0 Å². The number of halogens is 1. The van der Waals surface area contributed by atoms with Crippen LogP contribution in [0.5, 0.6) is 0 Å². The number of carbonyl (C=O) groups is 1. The zero-order valence-corrected chi connectivity index (χ0v) is 15.4. The Hall–Kier alpha value is -2.50. The number of aromatic nitrogens is 2. The molecule has 2 aromatic rings. The molecule has 1 aromatic heterocycles. The lowest BCUT2D eigenvalue weighted by molar-refractivity contribution is -0.156. The van der Waals surface area contributed by atoms with E-state index in [9.17, 15) is 9.18 Å². The minimum atomic E-state index is -0.507. The van der Waals surface area contributed by atoms with Gasteiger partial charge in [0.05, 0.1) is 17.7 Å². The first-order valence-electron chi connectivity index (χ1n) is 8.98. The number of benzene rings is 1. The van der Waals surface area contributed by atoms with Crippen LogP contribution in [0.2, 0.25) is 0 Å². The summed E-state index contributed by atoms with van der Waals surface area (Å²) in [7, 11) is 0. The van der Waals surface area contributed by atoms with Gasteiger partial charge in [-0.25, -0.2) is 4.39 Å². The number of carbonyl (C=O) groups excluding carboxylic acids is 1. The van der Waals surface area contributed by atoms with Gasteiger partial charge in [0, 0.05) is 18.7 Å². The second-order valence-corrected chi connectivity index (χ2v) is 6.99. The fourth-order valence-corrected chi connectivity index (χ4v) is 3.45. The summed E-state index contributed by atoms with van der Waals surface area (Å²) in [5.41, 5.74) is 0.997. The average molecular weight is 357 g/mol. The molecule has 26 heavy (non-hydrogen) atoms. The highest BCUT2D eigenvalue weighted by Crippen LogP contribution is 2.40. The minimum absolute atomic E-state index is 0.131. The van der Waals surface area contributed by atoms with E-state index in [4.69, 9.17) is 4.74 Å². The molecule has 2 heterocycles. The van der Waals surface area contributed by atoms with Crippen molar-refractivity contribution in [3.8, 4) is 11.3 Å². The highest BCUT2D eigenvalue weighted by Gasteiger charge is 2.48. The number of esters is 1. The highest BCUT2D eigenvalue weighted by atomic mass is 19.1. The molecular formula is C20H24FN3O2. The van der Waals surface area contributed by atoms with Crippen LogP contribution in [-0.4, -0.2) is 35.9 Å². The molecule has 0 N–H and O–H groups in total. The van der Waals surface area contributed by atoms with E-state index in [1.807, 2.05) is 19.1 Å². The Morgan fingerprint density at radius 3 is 2.54 bits per heavy atom. The van der Waals surface area contributed by atoms with Crippen LogP contribution >= 0.6 is 0 Å². The van der Waals surface area contributed by atoms with Gasteiger partial charge in [-0.3, -0.25) is 4.79 Å². The fraction of sp³-hybridized carbons (Fsp3) is 0.450. The first kappa shape index (κ1) is 18.3. The lowest BCUT2D eigenvalue weighted by Crippen LogP contribution is -2.40. The van der Waals surface area contributed by atoms with E-state index in [2.05, 4.69) is 28.9 Å². The normalized spacial score (nSPS) is 19.8. The van der Waals surface area contributed by atoms with Crippen molar-refractivity contribution in [1.29, 1.82) is 0 Å². The van der Waals surface area contributed by atoms with Crippen LogP contribution in [0.3, 0.4) is 0 Å². The smallest absolute Gasteiger partial charge is 0.314 e. The summed E-state index contributed by atoms with van der Waals surface area (Å²) in [5, 5.41) is 8.59. The molecule has 1 aliphatic rings. The first-order valence-corrected chi connectivity index (χ1v) is 8.98. The van der Waals surface area contributed by atoms with Crippen molar-refractivity contribution < 1.29 is 13.9 Å². The summed E-state index contributed by atoms with van der Waals surface area (Å²) in [6, 6.07) is 9.94. The van der Waals surface area contributed by atoms with Crippen molar-refractivity contribution in [3.05, 3.63) is 42.2 Å². The van der Waals surface area contributed by atoms with E-state index < -0.39 is 5.41 Å². The third kappa shape index (κ3) is 3.41. The molecule has 138 valence electrons. The molecule has 0 bridgehead atoms. The Kier molecular flexibility index (Phi) is 5.20. The molecule has 1 fully saturated rings. The maximum atomic E-state index is 13.0. The average Bonchev–Trinajstić information content (AvgIpc) is 3.10. The summed E-state index contributed by atoms with van der Waals surface area (Å²) in [4.78, 5) is 14.6.